The molecule has 0 bridgehead atoms. The second-order valence-electron chi connectivity index (χ2n) is 8.85. The van der Waals surface area contributed by atoms with E-state index in [1.807, 2.05) is 6.07 Å². The van der Waals surface area contributed by atoms with Crippen LogP contribution in [-0.4, -0.2) is 0 Å². The zero-order valence-electron chi connectivity index (χ0n) is 19.2. The van der Waals surface area contributed by atoms with Crippen molar-refractivity contribution in [2.75, 3.05) is 10.2 Å². The minimum absolute atomic E-state index is 0.941. The number of anilines is 5. The average Bonchev–Trinajstić information content (AvgIpc) is 3.25. The number of nitrogens with zero attached hydrogens (tertiary/aromatic N) is 1. The summed E-state index contributed by atoms with van der Waals surface area (Å²) in [5, 5.41) is 3.62. The van der Waals surface area contributed by atoms with Crippen LogP contribution in [0.5, 0.6) is 0 Å². The minimum atomic E-state index is 0.941. The highest BCUT2D eigenvalue weighted by Gasteiger charge is 2.23. The van der Waals surface area contributed by atoms with E-state index in [0.717, 1.165) is 17.8 Å². The molecule has 0 spiro atoms. The maximum Gasteiger partial charge on any atom is 0.0467 e. The third kappa shape index (κ3) is 3.74. The topological polar surface area (TPSA) is 15.3 Å². The lowest BCUT2D eigenvalue weighted by Crippen LogP contribution is -2.10. The molecule has 0 radical (unpaired) electrons. The van der Waals surface area contributed by atoms with Crippen molar-refractivity contribution in [3.05, 3.63) is 138 Å². The van der Waals surface area contributed by atoms with Gasteiger partial charge in [-0.05, 0) is 89.3 Å². The molecule has 2 heteroatoms. The van der Waals surface area contributed by atoms with Crippen molar-refractivity contribution in [3.8, 4) is 11.1 Å². The summed E-state index contributed by atoms with van der Waals surface area (Å²) in [6, 6.07) is 43.2. The van der Waals surface area contributed by atoms with E-state index < -0.39 is 0 Å². The van der Waals surface area contributed by atoms with E-state index in [4.69, 9.17) is 0 Å². The quantitative estimate of drug-likeness (QED) is 0.289. The zero-order chi connectivity index (χ0) is 22.9. The Balaban J connectivity index is 1.44. The van der Waals surface area contributed by atoms with E-state index in [1.165, 1.54) is 44.9 Å². The fourth-order valence-corrected chi connectivity index (χ4v) is 4.91. The third-order valence-electron chi connectivity index (χ3n) is 6.51. The van der Waals surface area contributed by atoms with E-state index in [1.54, 1.807) is 0 Å². The van der Waals surface area contributed by atoms with E-state index in [9.17, 15) is 0 Å². The smallest absolute Gasteiger partial charge is 0.0467 e. The van der Waals surface area contributed by atoms with Gasteiger partial charge in [0.05, 0.1) is 0 Å². The summed E-state index contributed by atoms with van der Waals surface area (Å²) in [6.45, 7) is 2.15. The Morgan fingerprint density at radius 1 is 0.588 bits per heavy atom. The molecule has 0 amide bonds. The maximum absolute atomic E-state index is 3.62. The van der Waals surface area contributed by atoms with Crippen LogP contribution in [0.2, 0.25) is 0 Å². The highest BCUT2D eigenvalue weighted by Crippen LogP contribution is 2.44. The SMILES string of the molecule is Cc1cccc(N(c2ccccc2)c2ccc3c(c2)-c2cccc(Nc4ccccc4)c2C3)c1. The van der Waals surface area contributed by atoms with Crippen molar-refractivity contribution in [2.45, 2.75) is 13.3 Å². The lowest BCUT2D eigenvalue weighted by Gasteiger charge is -2.26. The standard InChI is InChI=1S/C32H26N2/c1-23-10-8-15-27(20-23)34(26-13-6-3-7-14-26)28-19-18-24-21-31-29(30(24)22-28)16-9-17-32(31)33-25-11-4-2-5-12-25/h2-20,22,33H,21H2,1H3. The Morgan fingerprint density at radius 3 is 2.09 bits per heavy atom. The predicted molar refractivity (Wildman–Crippen MR) is 144 cm³/mol. The molecule has 2 nitrogen and oxygen atoms in total. The molecular weight excluding hydrogens is 412 g/mol. The Kier molecular flexibility index (Phi) is 5.12. The summed E-state index contributed by atoms with van der Waals surface area (Å²) < 4.78 is 0. The maximum atomic E-state index is 3.62. The molecule has 0 saturated carbocycles. The highest BCUT2D eigenvalue weighted by atomic mass is 15.1. The van der Waals surface area contributed by atoms with E-state index in [-0.39, 0.29) is 0 Å². The number of benzene rings is 5. The molecule has 0 heterocycles. The first-order chi connectivity index (χ1) is 16.8. The summed E-state index contributed by atoms with van der Waals surface area (Å²) in [5.74, 6) is 0. The van der Waals surface area contributed by atoms with Gasteiger partial charge in [-0.3, -0.25) is 0 Å². The summed E-state index contributed by atoms with van der Waals surface area (Å²) >= 11 is 0. The van der Waals surface area contributed by atoms with Gasteiger partial charge in [-0.2, -0.15) is 0 Å². The second-order valence-corrected chi connectivity index (χ2v) is 8.85. The van der Waals surface area contributed by atoms with Crippen LogP contribution >= 0.6 is 0 Å². The fourth-order valence-electron chi connectivity index (χ4n) is 4.91. The minimum Gasteiger partial charge on any atom is -0.355 e. The van der Waals surface area contributed by atoms with E-state index in [0.29, 0.717) is 0 Å². The molecule has 0 atom stereocenters. The molecule has 0 fully saturated rings. The van der Waals surface area contributed by atoms with Gasteiger partial charge in [0, 0.05) is 34.9 Å². The Labute approximate surface area is 201 Å². The summed E-state index contributed by atoms with van der Waals surface area (Å²) in [4.78, 5) is 2.34. The molecule has 0 unspecified atom stereocenters. The molecule has 34 heavy (non-hydrogen) atoms. The fraction of sp³-hybridized carbons (Fsp3) is 0.0625. The van der Waals surface area contributed by atoms with Gasteiger partial charge in [-0.1, -0.05) is 66.7 Å². The number of hydrogen-bond donors (Lipinski definition) is 1. The number of fused-ring (bicyclic) bond motifs is 3. The highest BCUT2D eigenvalue weighted by molar-refractivity contribution is 5.87. The van der Waals surface area contributed by atoms with Gasteiger partial charge in [-0.25, -0.2) is 0 Å². The molecule has 0 aliphatic heterocycles. The normalized spacial score (nSPS) is 11.6. The van der Waals surface area contributed by atoms with Gasteiger partial charge in [0.15, 0.2) is 0 Å². The lowest BCUT2D eigenvalue weighted by molar-refractivity contribution is 1.24. The Morgan fingerprint density at radius 2 is 1.29 bits per heavy atom. The Bertz CT molecular complexity index is 1460. The van der Waals surface area contributed by atoms with Crippen LogP contribution in [0.3, 0.4) is 0 Å². The van der Waals surface area contributed by atoms with Gasteiger partial charge in [0.25, 0.3) is 0 Å². The van der Waals surface area contributed by atoms with Crippen molar-refractivity contribution >= 4 is 28.4 Å². The van der Waals surface area contributed by atoms with Crippen molar-refractivity contribution < 1.29 is 0 Å². The van der Waals surface area contributed by atoms with E-state index in [2.05, 4.69) is 132 Å². The second kappa shape index (κ2) is 8.57. The molecule has 5 aromatic rings. The van der Waals surface area contributed by atoms with Gasteiger partial charge in [-0.15, -0.1) is 0 Å². The van der Waals surface area contributed by atoms with Gasteiger partial charge < -0.3 is 10.2 Å². The van der Waals surface area contributed by atoms with Crippen LogP contribution in [0, 0.1) is 6.92 Å². The van der Waals surface area contributed by atoms with Gasteiger partial charge in [0.1, 0.15) is 0 Å². The van der Waals surface area contributed by atoms with Crippen molar-refractivity contribution in [1.82, 2.24) is 0 Å². The first-order valence-electron chi connectivity index (χ1n) is 11.8. The number of para-hydroxylation sites is 2. The number of aryl methyl sites for hydroxylation is 1. The molecule has 164 valence electrons. The van der Waals surface area contributed by atoms with Crippen LogP contribution in [0.15, 0.2) is 121 Å². The molecule has 0 aromatic heterocycles. The molecule has 1 aliphatic rings. The first-order valence-corrected chi connectivity index (χ1v) is 11.8. The zero-order valence-corrected chi connectivity index (χ0v) is 19.2. The van der Waals surface area contributed by atoms with Crippen molar-refractivity contribution in [1.29, 1.82) is 0 Å². The monoisotopic (exact) mass is 438 g/mol. The number of hydrogen-bond acceptors (Lipinski definition) is 2. The molecular formula is C32H26N2. The number of nitrogens with one attached hydrogen (secondary N) is 1. The molecule has 6 rings (SSSR count). The van der Waals surface area contributed by atoms with Crippen molar-refractivity contribution in [3.63, 3.8) is 0 Å². The largest absolute Gasteiger partial charge is 0.355 e. The number of rotatable bonds is 5. The predicted octanol–water partition coefficient (Wildman–Crippen LogP) is 8.78. The summed E-state index contributed by atoms with van der Waals surface area (Å²) in [5.41, 5.74) is 12.4. The van der Waals surface area contributed by atoms with Gasteiger partial charge in [0.2, 0.25) is 0 Å². The third-order valence-corrected chi connectivity index (χ3v) is 6.51. The molecule has 5 aromatic carbocycles. The van der Waals surface area contributed by atoms with Crippen LogP contribution in [0.4, 0.5) is 28.4 Å². The van der Waals surface area contributed by atoms with Crippen LogP contribution in [0.1, 0.15) is 16.7 Å². The van der Waals surface area contributed by atoms with Gasteiger partial charge >= 0.3 is 0 Å². The summed E-state index contributed by atoms with van der Waals surface area (Å²) in [6.07, 6.45) is 0.941. The van der Waals surface area contributed by atoms with Crippen LogP contribution in [-0.2, 0) is 6.42 Å². The first kappa shape index (κ1) is 20.3. The van der Waals surface area contributed by atoms with Crippen LogP contribution in [0.25, 0.3) is 11.1 Å². The molecule has 0 saturated heterocycles. The average molecular weight is 439 g/mol. The molecule has 1 aliphatic carbocycles. The Hall–Kier alpha value is -4.30. The van der Waals surface area contributed by atoms with Crippen LogP contribution < -0.4 is 10.2 Å². The lowest BCUT2D eigenvalue weighted by atomic mass is 10.0. The molecule has 1 N–H and O–H groups in total. The van der Waals surface area contributed by atoms with E-state index >= 15 is 0 Å². The van der Waals surface area contributed by atoms with Crippen molar-refractivity contribution in [2.24, 2.45) is 0 Å². The summed E-state index contributed by atoms with van der Waals surface area (Å²) in [7, 11) is 0.